The van der Waals surface area contributed by atoms with Crippen LogP contribution in [0.3, 0.4) is 0 Å². The number of nitrogens with zero attached hydrogens (tertiary/aromatic N) is 3. The van der Waals surface area contributed by atoms with Gasteiger partial charge in [-0.05, 0) is 43.4 Å². The number of aliphatic imine (C=N–C) groups is 1. The van der Waals surface area contributed by atoms with Crippen LogP contribution >= 0.6 is 24.0 Å². The molecule has 0 spiro atoms. The summed E-state index contributed by atoms with van der Waals surface area (Å²) >= 11 is 0. The Balaban J connectivity index is 0.00000338. The molecule has 0 radical (unpaired) electrons. The molecule has 1 saturated heterocycles. The van der Waals surface area contributed by atoms with Crippen molar-refractivity contribution in [3.05, 3.63) is 42.5 Å². The molecule has 0 saturated carbocycles. The summed E-state index contributed by atoms with van der Waals surface area (Å²) < 4.78 is 0. The number of hydrogen-bond donors (Lipinski definition) is 1. The van der Waals surface area contributed by atoms with E-state index >= 15 is 0 Å². The smallest absolute Gasteiger partial charge is 0.226 e. The minimum absolute atomic E-state index is 0. The van der Waals surface area contributed by atoms with Crippen molar-refractivity contribution >= 4 is 41.5 Å². The Labute approximate surface area is 174 Å². The SMILES string of the molecule is C=CCCCN(C)C(=NC)NCc1ccc(N2CCCCC2=O)cc1.I. The van der Waals surface area contributed by atoms with Crippen molar-refractivity contribution in [2.75, 3.05) is 32.1 Å². The zero-order chi connectivity index (χ0) is 18.1. The number of unbranched alkanes of at least 4 members (excludes halogenated alkanes) is 1. The quantitative estimate of drug-likeness (QED) is 0.217. The number of carbonyl (C=O) groups is 1. The fourth-order valence-electron chi connectivity index (χ4n) is 3.02. The maximum atomic E-state index is 12.0. The van der Waals surface area contributed by atoms with Crippen LogP contribution in [-0.2, 0) is 11.3 Å². The number of halogens is 1. The van der Waals surface area contributed by atoms with Gasteiger partial charge in [-0.25, -0.2) is 0 Å². The fraction of sp³-hybridized carbons (Fsp3) is 0.500. The summed E-state index contributed by atoms with van der Waals surface area (Å²) in [6, 6.07) is 8.23. The first-order valence-corrected chi connectivity index (χ1v) is 9.07. The van der Waals surface area contributed by atoms with Crippen molar-refractivity contribution in [3.63, 3.8) is 0 Å². The lowest BCUT2D eigenvalue weighted by molar-refractivity contribution is -0.119. The van der Waals surface area contributed by atoms with Gasteiger partial charge in [0.2, 0.25) is 5.91 Å². The van der Waals surface area contributed by atoms with Gasteiger partial charge >= 0.3 is 0 Å². The third-order valence-electron chi connectivity index (χ3n) is 4.50. The number of amides is 1. The molecule has 0 atom stereocenters. The molecule has 26 heavy (non-hydrogen) atoms. The Morgan fingerprint density at radius 2 is 2.08 bits per heavy atom. The van der Waals surface area contributed by atoms with Gasteiger partial charge in [0, 0.05) is 45.8 Å². The van der Waals surface area contributed by atoms with E-state index in [1.807, 2.05) is 30.2 Å². The topological polar surface area (TPSA) is 47.9 Å². The van der Waals surface area contributed by atoms with Gasteiger partial charge in [0.15, 0.2) is 5.96 Å². The highest BCUT2D eigenvalue weighted by molar-refractivity contribution is 14.0. The summed E-state index contributed by atoms with van der Waals surface area (Å²) in [4.78, 5) is 20.4. The van der Waals surface area contributed by atoms with E-state index in [2.05, 4.69) is 33.9 Å². The van der Waals surface area contributed by atoms with E-state index in [-0.39, 0.29) is 29.9 Å². The van der Waals surface area contributed by atoms with Gasteiger partial charge in [0.25, 0.3) is 0 Å². The molecule has 144 valence electrons. The van der Waals surface area contributed by atoms with E-state index in [1.54, 1.807) is 7.05 Å². The first kappa shape index (κ1) is 22.5. The first-order chi connectivity index (χ1) is 12.2. The minimum atomic E-state index is 0. The number of hydrogen-bond acceptors (Lipinski definition) is 2. The van der Waals surface area contributed by atoms with Crippen molar-refractivity contribution in [1.82, 2.24) is 10.2 Å². The Bertz CT molecular complexity index is 600. The lowest BCUT2D eigenvalue weighted by atomic mass is 10.1. The minimum Gasteiger partial charge on any atom is -0.352 e. The van der Waals surface area contributed by atoms with Crippen molar-refractivity contribution in [3.8, 4) is 0 Å². The van der Waals surface area contributed by atoms with Crippen molar-refractivity contribution in [2.24, 2.45) is 4.99 Å². The van der Waals surface area contributed by atoms with Crippen LogP contribution < -0.4 is 10.2 Å². The van der Waals surface area contributed by atoms with E-state index in [9.17, 15) is 4.79 Å². The van der Waals surface area contributed by atoms with Crippen LogP contribution in [-0.4, -0.2) is 44.0 Å². The van der Waals surface area contributed by atoms with Crippen LogP contribution in [0.4, 0.5) is 5.69 Å². The summed E-state index contributed by atoms with van der Waals surface area (Å²) in [7, 11) is 3.85. The second kappa shape index (κ2) is 11.9. The Kier molecular flexibility index (Phi) is 10.3. The number of guanidine groups is 1. The molecule has 5 nitrogen and oxygen atoms in total. The second-order valence-corrected chi connectivity index (χ2v) is 6.42. The number of rotatable bonds is 7. The molecule has 0 bridgehead atoms. The van der Waals surface area contributed by atoms with Crippen LogP contribution in [0.1, 0.15) is 37.7 Å². The average molecular weight is 470 g/mol. The molecule has 0 aromatic heterocycles. The first-order valence-electron chi connectivity index (χ1n) is 9.07. The molecule has 1 amide bonds. The lowest BCUT2D eigenvalue weighted by Crippen LogP contribution is -2.39. The molecule has 1 N–H and O–H groups in total. The van der Waals surface area contributed by atoms with Crippen LogP contribution in [0.2, 0.25) is 0 Å². The van der Waals surface area contributed by atoms with Crippen molar-refractivity contribution in [1.29, 1.82) is 0 Å². The largest absolute Gasteiger partial charge is 0.352 e. The molecule has 1 aromatic rings. The normalized spacial score (nSPS) is 14.6. The predicted molar refractivity (Wildman–Crippen MR) is 120 cm³/mol. The highest BCUT2D eigenvalue weighted by atomic mass is 127. The van der Waals surface area contributed by atoms with Gasteiger partial charge in [-0.15, -0.1) is 30.6 Å². The van der Waals surface area contributed by atoms with Gasteiger partial charge in [-0.3, -0.25) is 9.79 Å². The third kappa shape index (κ3) is 6.63. The number of piperidine rings is 1. The van der Waals surface area contributed by atoms with E-state index < -0.39 is 0 Å². The zero-order valence-corrected chi connectivity index (χ0v) is 18.2. The third-order valence-corrected chi connectivity index (χ3v) is 4.50. The predicted octanol–water partition coefficient (Wildman–Crippen LogP) is 3.79. The Morgan fingerprint density at radius 1 is 1.35 bits per heavy atom. The molecule has 0 unspecified atom stereocenters. The van der Waals surface area contributed by atoms with Crippen LogP contribution in [0, 0.1) is 0 Å². The molecule has 0 aliphatic carbocycles. The maximum Gasteiger partial charge on any atom is 0.226 e. The highest BCUT2D eigenvalue weighted by Gasteiger charge is 2.19. The zero-order valence-electron chi connectivity index (χ0n) is 15.9. The summed E-state index contributed by atoms with van der Waals surface area (Å²) in [5, 5.41) is 3.39. The summed E-state index contributed by atoms with van der Waals surface area (Å²) in [6.07, 6.45) is 6.79. The standard InChI is InChI=1S/C20H30N4O.HI/c1-4-5-7-14-23(3)20(21-2)22-16-17-10-12-18(13-11-17)24-15-8-6-9-19(24)25;/h4,10-13H,1,5-9,14-16H2,2-3H3,(H,21,22);1H. The van der Waals surface area contributed by atoms with E-state index in [4.69, 9.17) is 0 Å². The molecule has 1 aliphatic rings. The number of benzene rings is 1. The molecule has 6 heteroatoms. The van der Waals surface area contributed by atoms with Crippen LogP contribution in [0.25, 0.3) is 0 Å². The van der Waals surface area contributed by atoms with Gasteiger partial charge in [0.05, 0.1) is 0 Å². The number of carbonyl (C=O) groups excluding carboxylic acids is 1. The van der Waals surface area contributed by atoms with Crippen molar-refractivity contribution in [2.45, 2.75) is 38.6 Å². The number of anilines is 1. The van der Waals surface area contributed by atoms with E-state index in [0.717, 1.165) is 50.4 Å². The molecular weight excluding hydrogens is 439 g/mol. The number of nitrogens with one attached hydrogen (secondary N) is 1. The summed E-state index contributed by atoms with van der Waals surface area (Å²) in [5.41, 5.74) is 2.17. The van der Waals surface area contributed by atoms with E-state index in [1.165, 1.54) is 5.56 Å². The summed E-state index contributed by atoms with van der Waals surface area (Å²) in [6.45, 7) is 6.25. The van der Waals surface area contributed by atoms with Gasteiger partial charge in [-0.2, -0.15) is 0 Å². The molecule has 2 rings (SSSR count). The number of allylic oxidation sites excluding steroid dienone is 1. The monoisotopic (exact) mass is 470 g/mol. The van der Waals surface area contributed by atoms with E-state index in [0.29, 0.717) is 13.0 Å². The summed E-state index contributed by atoms with van der Waals surface area (Å²) in [5.74, 6) is 1.12. The molecule has 1 fully saturated rings. The highest BCUT2D eigenvalue weighted by Crippen LogP contribution is 2.21. The van der Waals surface area contributed by atoms with Gasteiger partial charge < -0.3 is 15.1 Å². The average Bonchev–Trinajstić information content (AvgIpc) is 2.63. The van der Waals surface area contributed by atoms with Gasteiger partial charge in [0.1, 0.15) is 0 Å². The maximum absolute atomic E-state index is 12.0. The van der Waals surface area contributed by atoms with Gasteiger partial charge in [-0.1, -0.05) is 18.2 Å². The lowest BCUT2D eigenvalue weighted by Gasteiger charge is -2.27. The van der Waals surface area contributed by atoms with Crippen LogP contribution in [0.15, 0.2) is 41.9 Å². The molecule has 1 heterocycles. The molecular formula is C20H31IN4O. The molecule has 1 aromatic carbocycles. The van der Waals surface area contributed by atoms with Crippen molar-refractivity contribution < 1.29 is 4.79 Å². The Hall–Kier alpha value is -1.57. The van der Waals surface area contributed by atoms with Crippen LogP contribution in [0.5, 0.6) is 0 Å². The Morgan fingerprint density at radius 3 is 2.69 bits per heavy atom. The molecule has 1 aliphatic heterocycles. The fourth-order valence-corrected chi connectivity index (χ4v) is 3.02. The second-order valence-electron chi connectivity index (χ2n) is 6.42.